The molecule has 1 amide bonds. The van der Waals surface area contributed by atoms with E-state index in [1.807, 2.05) is 0 Å². The van der Waals surface area contributed by atoms with E-state index in [4.69, 9.17) is 27.9 Å². The molecule has 158 valence electrons. The molecule has 31 heavy (non-hydrogen) atoms. The summed E-state index contributed by atoms with van der Waals surface area (Å²) in [6, 6.07) is 8.09. The molecule has 0 radical (unpaired) electrons. The van der Waals surface area contributed by atoms with Gasteiger partial charge in [0.1, 0.15) is 11.0 Å². The first-order chi connectivity index (χ1) is 14.9. The predicted molar refractivity (Wildman–Crippen MR) is 112 cm³/mol. The number of carbonyl (C=O) groups excluding carboxylic acids is 1. The number of nitriles is 1. The van der Waals surface area contributed by atoms with Crippen molar-refractivity contribution in [2.75, 3.05) is 0 Å². The molecule has 0 bridgehead atoms. The van der Waals surface area contributed by atoms with Gasteiger partial charge in [-0.3, -0.25) is 4.79 Å². The zero-order chi connectivity index (χ0) is 22.1. The number of halogens is 3. The molecule has 1 aliphatic carbocycles. The Labute approximate surface area is 187 Å². The lowest BCUT2D eigenvalue weighted by Crippen LogP contribution is -2.24. The minimum Gasteiger partial charge on any atom is -0.434 e. The maximum absolute atomic E-state index is 15.1. The second kappa shape index (κ2) is 8.53. The fourth-order valence-electron chi connectivity index (χ4n) is 3.01. The van der Waals surface area contributed by atoms with E-state index < -0.39 is 11.7 Å². The largest absolute Gasteiger partial charge is 0.434 e. The zero-order valence-electron chi connectivity index (χ0n) is 16.3. The average molecular weight is 460 g/mol. The third kappa shape index (κ3) is 4.63. The number of carbonyl (C=O) groups is 1. The highest BCUT2D eigenvalue weighted by atomic mass is 35.5. The number of aromatic nitrogens is 3. The molecule has 7 nitrogen and oxygen atoms in total. The lowest BCUT2D eigenvalue weighted by Gasteiger charge is -2.13. The number of aryl methyl sites for hydroxylation is 1. The van der Waals surface area contributed by atoms with Crippen LogP contribution in [0.5, 0.6) is 11.6 Å². The summed E-state index contributed by atoms with van der Waals surface area (Å²) in [5, 5.41) is 12.0. The Morgan fingerprint density at radius 2 is 2.13 bits per heavy atom. The van der Waals surface area contributed by atoms with Crippen LogP contribution in [-0.2, 0) is 6.54 Å². The first kappa shape index (κ1) is 21.1. The summed E-state index contributed by atoms with van der Waals surface area (Å²) in [4.78, 5) is 23.4. The number of nitrogens with zero attached hydrogens (tertiary/aromatic N) is 3. The molecule has 0 saturated heterocycles. The number of hydrogen-bond acceptors (Lipinski definition) is 5. The fourth-order valence-corrected chi connectivity index (χ4v) is 3.46. The van der Waals surface area contributed by atoms with Crippen molar-refractivity contribution in [2.24, 2.45) is 0 Å². The van der Waals surface area contributed by atoms with Crippen LogP contribution in [0.25, 0.3) is 0 Å². The van der Waals surface area contributed by atoms with E-state index in [1.54, 1.807) is 13.0 Å². The van der Waals surface area contributed by atoms with Crippen molar-refractivity contribution in [2.45, 2.75) is 32.2 Å². The van der Waals surface area contributed by atoms with Crippen molar-refractivity contribution in [3.05, 3.63) is 68.6 Å². The first-order valence-electron chi connectivity index (χ1n) is 9.43. The minimum absolute atomic E-state index is 0.0233. The van der Waals surface area contributed by atoms with Gasteiger partial charge in [0.15, 0.2) is 17.3 Å². The van der Waals surface area contributed by atoms with Gasteiger partial charge < -0.3 is 15.0 Å². The number of rotatable bonds is 6. The van der Waals surface area contributed by atoms with Gasteiger partial charge in [0, 0.05) is 29.8 Å². The molecule has 2 N–H and O–H groups in total. The topological polar surface area (TPSA) is 104 Å². The number of amides is 1. The lowest BCUT2D eigenvalue weighted by atomic mass is 10.2. The van der Waals surface area contributed by atoms with Crippen LogP contribution in [0.4, 0.5) is 4.39 Å². The van der Waals surface area contributed by atoms with Crippen LogP contribution in [0.1, 0.15) is 51.9 Å². The Bertz CT molecular complexity index is 1220. The molecule has 1 fully saturated rings. The Kier molecular flexibility index (Phi) is 5.81. The van der Waals surface area contributed by atoms with E-state index in [-0.39, 0.29) is 45.5 Å². The summed E-state index contributed by atoms with van der Waals surface area (Å²) in [6.45, 7) is 1.52. The van der Waals surface area contributed by atoms with E-state index in [2.05, 4.69) is 26.3 Å². The molecule has 1 aliphatic rings. The third-order valence-electron chi connectivity index (χ3n) is 4.71. The summed E-state index contributed by atoms with van der Waals surface area (Å²) in [5.74, 6) is -0.665. The molecular formula is C21H16Cl2FN5O2. The number of benzene rings is 1. The summed E-state index contributed by atoms with van der Waals surface area (Å²) in [5.41, 5.74) is 1.28. The van der Waals surface area contributed by atoms with Crippen molar-refractivity contribution >= 4 is 29.1 Å². The third-order valence-corrected chi connectivity index (χ3v) is 5.29. The number of H-pyrrole nitrogens is 1. The normalized spacial score (nSPS) is 13.0. The highest BCUT2D eigenvalue weighted by molar-refractivity contribution is 6.32. The molecule has 2 aromatic heterocycles. The first-order valence-corrected chi connectivity index (χ1v) is 10.2. The molecule has 4 rings (SSSR count). The van der Waals surface area contributed by atoms with Gasteiger partial charge in [-0.1, -0.05) is 29.3 Å². The number of imidazole rings is 1. The minimum atomic E-state index is -0.741. The number of aromatic amines is 1. The predicted octanol–water partition coefficient (Wildman–Crippen LogP) is 5.03. The number of pyridine rings is 1. The van der Waals surface area contributed by atoms with Crippen LogP contribution in [0.2, 0.25) is 10.2 Å². The van der Waals surface area contributed by atoms with Crippen molar-refractivity contribution in [1.82, 2.24) is 20.3 Å². The zero-order valence-corrected chi connectivity index (χ0v) is 17.8. The van der Waals surface area contributed by atoms with Gasteiger partial charge in [-0.2, -0.15) is 5.26 Å². The van der Waals surface area contributed by atoms with Crippen LogP contribution < -0.4 is 10.1 Å². The lowest BCUT2D eigenvalue weighted by molar-refractivity contribution is 0.0946. The molecule has 10 heteroatoms. The van der Waals surface area contributed by atoms with E-state index in [0.29, 0.717) is 11.4 Å². The van der Waals surface area contributed by atoms with E-state index in [9.17, 15) is 10.1 Å². The van der Waals surface area contributed by atoms with Crippen molar-refractivity contribution in [3.63, 3.8) is 0 Å². The second-order valence-corrected chi connectivity index (χ2v) is 7.91. The Hall–Kier alpha value is -3.15. The highest BCUT2D eigenvalue weighted by Crippen LogP contribution is 2.41. The quantitative estimate of drug-likeness (QED) is 0.537. The molecule has 1 saturated carbocycles. The Morgan fingerprint density at radius 3 is 2.77 bits per heavy atom. The standard InChI is InChI=1S/C21H16Cl2FN5O2/c1-10-27-18(20(23)28-10)21(30)26-9-13-4-5-14(22)19(17(13)24)31-16-7-11(8-25)6-15(29-16)12-2-3-12/h4-7,12H,2-3,9H2,1H3,(H,26,30)(H,27,28). The van der Waals surface area contributed by atoms with Crippen LogP contribution >= 0.6 is 23.2 Å². The SMILES string of the molecule is Cc1nc(C(=O)NCc2ccc(Cl)c(Oc3cc(C#N)cc(C4CC4)n3)c2F)c(Cl)[nH]1. The van der Waals surface area contributed by atoms with Gasteiger partial charge in [-0.15, -0.1) is 0 Å². The van der Waals surface area contributed by atoms with Crippen molar-refractivity contribution in [3.8, 4) is 17.7 Å². The van der Waals surface area contributed by atoms with Gasteiger partial charge in [0.2, 0.25) is 5.88 Å². The fraction of sp³-hybridized carbons (Fsp3) is 0.238. The smallest absolute Gasteiger partial charge is 0.273 e. The summed E-state index contributed by atoms with van der Waals surface area (Å²) in [7, 11) is 0. The monoisotopic (exact) mass is 459 g/mol. The number of nitrogens with one attached hydrogen (secondary N) is 2. The van der Waals surface area contributed by atoms with Crippen LogP contribution in [0.15, 0.2) is 24.3 Å². The second-order valence-electron chi connectivity index (χ2n) is 7.12. The molecule has 0 aliphatic heterocycles. The van der Waals surface area contributed by atoms with Crippen LogP contribution in [0, 0.1) is 24.1 Å². The maximum atomic E-state index is 15.1. The molecular weight excluding hydrogens is 444 g/mol. The van der Waals surface area contributed by atoms with Gasteiger partial charge in [0.05, 0.1) is 16.7 Å². The molecule has 0 atom stereocenters. The summed E-state index contributed by atoms with van der Waals surface area (Å²) >= 11 is 12.1. The Morgan fingerprint density at radius 1 is 1.35 bits per heavy atom. The van der Waals surface area contributed by atoms with Gasteiger partial charge in [-0.05, 0) is 31.9 Å². The van der Waals surface area contributed by atoms with Gasteiger partial charge >= 0.3 is 0 Å². The summed E-state index contributed by atoms with van der Waals surface area (Å²) < 4.78 is 20.7. The molecule has 2 heterocycles. The molecule has 1 aromatic carbocycles. The van der Waals surface area contributed by atoms with Crippen LogP contribution in [-0.4, -0.2) is 20.9 Å². The van der Waals surface area contributed by atoms with E-state index in [1.165, 1.54) is 18.2 Å². The van der Waals surface area contributed by atoms with Crippen molar-refractivity contribution < 1.29 is 13.9 Å². The highest BCUT2D eigenvalue weighted by Gasteiger charge is 2.26. The van der Waals surface area contributed by atoms with Gasteiger partial charge in [-0.25, -0.2) is 14.4 Å². The van der Waals surface area contributed by atoms with Crippen molar-refractivity contribution in [1.29, 1.82) is 5.26 Å². The average Bonchev–Trinajstić information content (AvgIpc) is 3.54. The number of ether oxygens (including phenoxy) is 1. The number of hydrogen-bond donors (Lipinski definition) is 2. The maximum Gasteiger partial charge on any atom is 0.273 e. The van der Waals surface area contributed by atoms with Gasteiger partial charge in [0.25, 0.3) is 5.91 Å². The van der Waals surface area contributed by atoms with E-state index >= 15 is 4.39 Å². The van der Waals surface area contributed by atoms with Crippen LogP contribution in [0.3, 0.4) is 0 Å². The molecule has 0 unspecified atom stereocenters. The molecule has 0 spiro atoms. The Balaban J connectivity index is 1.55. The molecule has 3 aromatic rings. The van der Waals surface area contributed by atoms with E-state index in [0.717, 1.165) is 18.5 Å². The summed E-state index contributed by atoms with van der Waals surface area (Å²) in [6.07, 6.45) is 1.98.